The number of hydrogen-bond donors (Lipinski definition) is 0. The number of benzene rings is 1. The van der Waals surface area contributed by atoms with Crippen molar-refractivity contribution < 1.29 is 4.42 Å². The van der Waals surface area contributed by atoms with E-state index >= 15 is 0 Å². The van der Waals surface area contributed by atoms with Crippen molar-refractivity contribution in [1.29, 1.82) is 0 Å². The zero-order chi connectivity index (χ0) is 12.4. The molecule has 2 rings (SSSR count). The van der Waals surface area contributed by atoms with Crippen LogP contribution in [0.5, 0.6) is 0 Å². The number of rotatable bonds is 1. The normalized spacial score (nSPS) is 8.31. The lowest BCUT2D eigenvalue weighted by Crippen LogP contribution is -1.75. The number of aromatic nitrogens is 1. The molecule has 0 aliphatic rings. The second-order valence-electron chi connectivity index (χ2n) is 2.74. The van der Waals surface area contributed by atoms with Gasteiger partial charge in [-0.05, 0) is 13.0 Å². The van der Waals surface area contributed by atoms with E-state index in [1.54, 1.807) is 6.20 Å². The topological polar surface area (TPSA) is 26.0 Å². The van der Waals surface area contributed by atoms with Gasteiger partial charge in [0.25, 0.3) is 0 Å². The number of aryl methyl sites for hydroxylation is 1. The Balaban J connectivity index is 0.000000509. The average Bonchev–Trinajstić information content (AvgIpc) is 2.88. The second-order valence-corrected chi connectivity index (χ2v) is 2.74. The Morgan fingerprint density at radius 1 is 1.06 bits per heavy atom. The fourth-order valence-corrected chi connectivity index (χ4v) is 1.16. The highest BCUT2D eigenvalue weighted by Crippen LogP contribution is 2.18. The summed E-state index contributed by atoms with van der Waals surface area (Å²) in [6.07, 6.45) is 3.16. The summed E-state index contributed by atoms with van der Waals surface area (Å²) in [6, 6.07) is 8.14. The van der Waals surface area contributed by atoms with E-state index in [1.807, 2.05) is 39.8 Å². The molecule has 2 heteroatoms. The summed E-state index contributed by atoms with van der Waals surface area (Å²) in [5.41, 5.74) is 2.30. The second kappa shape index (κ2) is 8.72. The van der Waals surface area contributed by atoms with Crippen molar-refractivity contribution in [1.82, 2.24) is 4.98 Å². The van der Waals surface area contributed by atoms with Gasteiger partial charge in [0.1, 0.15) is 0 Å². The van der Waals surface area contributed by atoms with Crippen LogP contribution in [-0.4, -0.2) is 4.98 Å². The minimum Gasteiger partial charge on any atom is -0.444 e. The van der Waals surface area contributed by atoms with Crippen LogP contribution in [-0.2, 0) is 0 Å². The zero-order valence-corrected chi connectivity index (χ0v) is 10.8. The van der Waals surface area contributed by atoms with Gasteiger partial charge in [-0.3, -0.25) is 0 Å². The van der Waals surface area contributed by atoms with Gasteiger partial charge in [-0.2, -0.15) is 0 Å². The summed E-state index contributed by atoms with van der Waals surface area (Å²) >= 11 is 0. The maximum atomic E-state index is 5.16. The molecule has 0 saturated heterocycles. The predicted molar refractivity (Wildman–Crippen MR) is 69.4 cm³/mol. The highest BCUT2D eigenvalue weighted by molar-refractivity contribution is 5.56. The van der Waals surface area contributed by atoms with Crippen molar-refractivity contribution in [3.05, 3.63) is 42.4 Å². The molecule has 0 fully saturated rings. The maximum absolute atomic E-state index is 5.16. The highest BCUT2D eigenvalue weighted by Gasteiger charge is 1.99. The van der Waals surface area contributed by atoms with Crippen LogP contribution in [0.1, 0.15) is 33.3 Å². The number of nitrogens with zero attached hydrogens (tertiary/aromatic N) is 1. The van der Waals surface area contributed by atoms with Crippen LogP contribution in [0.15, 0.2) is 41.3 Å². The summed E-state index contributed by atoms with van der Waals surface area (Å²) in [4.78, 5) is 3.86. The molecule has 0 spiro atoms. The average molecular weight is 219 g/mol. The van der Waals surface area contributed by atoms with E-state index in [1.165, 1.54) is 12.0 Å². The third-order valence-corrected chi connectivity index (χ3v) is 1.73. The van der Waals surface area contributed by atoms with Crippen molar-refractivity contribution >= 4 is 0 Å². The van der Waals surface area contributed by atoms with Crippen LogP contribution >= 0.6 is 0 Å². The monoisotopic (exact) mass is 219 g/mol. The summed E-state index contributed by atoms with van der Waals surface area (Å²) in [5.74, 6) is 0.818. The van der Waals surface area contributed by atoms with E-state index in [-0.39, 0.29) is 0 Å². The summed E-state index contributed by atoms with van der Waals surface area (Å²) in [5, 5.41) is 0. The van der Waals surface area contributed by atoms with Gasteiger partial charge in [0, 0.05) is 5.56 Å². The third kappa shape index (κ3) is 4.30. The van der Waals surface area contributed by atoms with E-state index in [0.717, 1.165) is 11.3 Å². The fourth-order valence-electron chi connectivity index (χ4n) is 1.16. The Morgan fingerprint density at radius 3 is 2.25 bits per heavy atom. The van der Waals surface area contributed by atoms with Gasteiger partial charge in [0.15, 0.2) is 12.2 Å². The molecule has 2 aromatic rings. The lowest BCUT2D eigenvalue weighted by atomic mass is 10.1. The first-order valence-corrected chi connectivity index (χ1v) is 5.82. The first-order chi connectivity index (χ1) is 7.86. The van der Waals surface area contributed by atoms with Crippen LogP contribution in [0.4, 0.5) is 0 Å². The van der Waals surface area contributed by atoms with Crippen molar-refractivity contribution in [2.75, 3.05) is 0 Å². The Kier molecular flexibility index (Phi) is 7.86. The lowest BCUT2D eigenvalue weighted by molar-refractivity contribution is 0.572. The molecule has 2 nitrogen and oxygen atoms in total. The molecule has 16 heavy (non-hydrogen) atoms. The Hall–Kier alpha value is -1.57. The standard InChI is InChI=1S/C10H9NO.2C2H6/c1-8-3-2-4-9(5-8)10-6-11-7-12-10;2*1-2/h2-7H,1H3;2*1-2H3. The largest absolute Gasteiger partial charge is 0.444 e. The quantitative estimate of drug-likeness (QED) is 0.694. The molecule has 0 aliphatic heterocycles. The zero-order valence-electron chi connectivity index (χ0n) is 10.8. The van der Waals surface area contributed by atoms with Gasteiger partial charge in [-0.15, -0.1) is 0 Å². The van der Waals surface area contributed by atoms with Gasteiger partial charge >= 0.3 is 0 Å². The molecule has 0 N–H and O–H groups in total. The van der Waals surface area contributed by atoms with Crippen LogP contribution in [0.2, 0.25) is 0 Å². The number of hydrogen-bond acceptors (Lipinski definition) is 2. The smallest absolute Gasteiger partial charge is 0.181 e. The molecule has 1 heterocycles. The van der Waals surface area contributed by atoms with Crippen molar-refractivity contribution in [3.63, 3.8) is 0 Å². The summed E-state index contributed by atoms with van der Waals surface area (Å²) in [6.45, 7) is 10.1. The lowest BCUT2D eigenvalue weighted by Gasteiger charge is -1.96. The first kappa shape index (κ1) is 14.4. The van der Waals surface area contributed by atoms with Crippen LogP contribution < -0.4 is 0 Å². The van der Waals surface area contributed by atoms with Gasteiger partial charge in [-0.1, -0.05) is 51.5 Å². The van der Waals surface area contributed by atoms with Crippen molar-refractivity contribution in [2.45, 2.75) is 34.6 Å². The SMILES string of the molecule is CC.CC.Cc1cccc(-c2cnco2)c1. The first-order valence-electron chi connectivity index (χ1n) is 5.82. The van der Waals surface area contributed by atoms with E-state index < -0.39 is 0 Å². The van der Waals surface area contributed by atoms with E-state index in [0.29, 0.717) is 0 Å². The third-order valence-electron chi connectivity index (χ3n) is 1.73. The van der Waals surface area contributed by atoms with Crippen molar-refractivity contribution in [3.8, 4) is 11.3 Å². The molecule has 0 atom stereocenters. The highest BCUT2D eigenvalue weighted by atomic mass is 16.3. The van der Waals surface area contributed by atoms with Crippen LogP contribution in [0, 0.1) is 6.92 Å². The molecular formula is C14H21NO. The van der Waals surface area contributed by atoms with Gasteiger partial charge in [0.2, 0.25) is 0 Å². The molecule has 0 bridgehead atoms. The molecule has 1 aromatic carbocycles. The van der Waals surface area contributed by atoms with Crippen molar-refractivity contribution in [2.24, 2.45) is 0 Å². The molecule has 88 valence electrons. The van der Waals surface area contributed by atoms with Crippen LogP contribution in [0.3, 0.4) is 0 Å². The van der Waals surface area contributed by atoms with Gasteiger partial charge in [-0.25, -0.2) is 4.98 Å². The molecule has 0 aliphatic carbocycles. The Morgan fingerprint density at radius 2 is 1.75 bits per heavy atom. The molecule has 0 amide bonds. The Labute approximate surface area is 98.3 Å². The maximum Gasteiger partial charge on any atom is 0.181 e. The summed E-state index contributed by atoms with van der Waals surface area (Å²) in [7, 11) is 0. The van der Waals surface area contributed by atoms with E-state index in [2.05, 4.69) is 24.0 Å². The fraction of sp³-hybridized carbons (Fsp3) is 0.357. The molecule has 0 unspecified atom stereocenters. The molecule has 0 radical (unpaired) electrons. The minimum atomic E-state index is 0.818. The summed E-state index contributed by atoms with van der Waals surface area (Å²) < 4.78 is 5.16. The molecule has 1 aromatic heterocycles. The Bertz CT molecular complexity index is 366. The minimum absolute atomic E-state index is 0.818. The van der Waals surface area contributed by atoms with Crippen LogP contribution in [0.25, 0.3) is 11.3 Å². The van der Waals surface area contributed by atoms with Gasteiger partial charge in [0.05, 0.1) is 6.20 Å². The number of oxazole rings is 1. The van der Waals surface area contributed by atoms with E-state index in [4.69, 9.17) is 4.42 Å². The predicted octanol–water partition coefficient (Wildman–Crippen LogP) is 4.70. The van der Waals surface area contributed by atoms with Gasteiger partial charge < -0.3 is 4.42 Å². The van der Waals surface area contributed by atoms with E-state index in [9.17, 15) is 0 Å². The molecule has 0 saturated carbocycles. The molecular weight excluding hydrogens is 198 g/mol.